The maximum absolute atomic E-state index is 11.6. The summed E-state index contributed by atoms with van der Waals surface area (Å²) in [6.07, 6.45) is 6.01. The number of aryl methyl sites for hydroxylation is 1. The molecule has 2 aromatic heterocycles. The van der Waals surface area contributed by atoms with Gasteiger partial charge in [-0.2, -0.15) is 5.10 Å². The van der Waals surface area contributed by atoms with Crippen molar-refractivity contribution in [2.24, 2.45) is 0 Å². The molecule has 1 unspecified atom stereocenters. The van der Waals surface area contributed by atoms with Crippen molar-refractivity contribution in [3.8, 4) is 0 Å². The lowest BCUT2D eigenvalue weighted by Gasteiger charge is -2.19. The van der Waals surface area contributed by atoms with E-state index in [1.165, 1.54) is 11.1 Å². The highest BCUT2D eigenvalue weighted by molar-refractivity contribution is 5.78. The molecule has 4 rings (SSSR count). The Morgan fingerprint density at radius 3 is 2.74 bits per heavy atom. The Labute approximate surface area is 155 Å². The Hall–Kier alpha value is -3.48. The van der Waals surface area contributed by atoms with Gasteiger partial charge in [0, 0.05) is 0 Å². The van der Waals surface area contributed by atoms with Crippen molar-refractivity contribution in [2.45, 2.75) is 25.3 Å². The Morgan fingerprint density at radius 1 is 1.04 bits per heavy atom. The molecule has 0 fully saturated rings. The fourth-order valence-corrected chi connectivity index (χ4v) is 3.23. The Bertz CT molecular complexity index is 1060. The van der Waals surface area contributed by atoms with E-state index in [-0.39, 0.29) is 11.6 Å². The van der Waals surface area contributed by atoms with Crippen LogP contribution in [0.5, 0.6) is 0 Å². The van der Waals surface area contributed by atoms with Gasteiger partial charge in [0.2, 0.25) is 5.95 Å². The quantitative estimate of drug-likeness (QED) is 0.470. The van der Waals surface area contributed by atoms with Crippen LogP contribution >= 0.6 is 0 Å². The first-order valence-corrected chi connectivity index (χ1v) is 8.94. The molecule has 7 heteroatoms. The molecule has 4 aromatic rings. The molecule has 0 aliphatic carbocycles. The normalized spacial score (nSPS) is 12.1. The van der Waals surface area contributed by atoms with Crippen LogP contribution in [0.2, 0.25) is 0 Å². The second-order valence-corrected chi connectivity index (χ2v) is 6.43. The van der Waals surface area contributed by atoms with E-state index in [4.69, 9.17) is 0 Å². The number of aromatic nitrogens is 5. The van der Waals surface area contributed by atoms with E-state index in [1.54, 1.807) is 12.4 Å². The second-order valence-electron chi connectivity index (χ2n) is 6.43. The molecule has 7 nitrogen and oxygen atoms in total. The van der Waals surface area contributed by atoms with Gasteiger partial charge in [-0.15, -0.1) is 5.10 Å². The highest BCUT2D eigenvalue weighted by Crippen LogP contribution is 2.23. The third-order valence-corrected chi connectivity index (χ3v) is 4.59. The molecule has 0 bridgehead atoms. The fraction of sp³-hybridized carbons (Fsp3) is 0.200. The van der Waals surface area contributed by atoms with Crippen molar-refractivity contribution in [1.82, 2.24) is 25.4 Å². The molecule has 0 amide bonds. The van der Waals surface area contributed by atoms with Crippen LogP contribution in [-0.4, -0.2) is 25.4 Å². The zero-order valence-corrected chi connectivity index (χ0v) is 14.7. The van der Waals surface area contributed by atoms with Gasteiger partial charge in [-0.1, -0.05) is 36.4 Å². The highest BCUT2D eigenvalue weighted by Gasteiger charge is 2.13. The summed E-state index contributed by atoms with van der Waals surface area (Å²) >= 11 is 0. The molecule has 1 atom stereocenters. The number of benzene rings is 2. The molecule has 0 saturated carbocycles. The predicted molar refractivity (Wildman–Crippen MR) is 104 cm³/mol. The van der Waals surface area contributed by atoms with Crippen LogP contribution in [0.3, 0.4) is 0 Å². The second kappa shape index (κ2) is 7.82. The SMILES string of the molecule is O=c1[nH][nH]c2cc(CCCC(Nc3nccnn3)c3ccccc3)ccc12. The van der Waals surface area contributed by atoms with Crippen LogP contribution < -0.4 is 10.9 Å². The minimum absolute atomic E-state index is 0.0821. The number of aromatic amines is 2. The Kier molecular flexibility index (Phi) is 4.91. The molecule has 3 N–H and O–H groups in total. The molecule has 0 saturated heterocycles. The first-order valence-electron chi connectivity index (χ1n) is 8.94. The summed E-state index contributed by atoms with van der Waals surface area (Å²) in [5.41, 5.74) is 3.15. The van der Waals surface area contributed by atoms with Crippen LogP contribution in [0.15, 0.2) is 65.7 Å². The van der Waals surface area contributed by atoms with E-state index in [1.807, 2.05) is 36.4 Å². The van der Waals surface area contributed by atoms with Crippen molar-refractivity contribution in [3.63, 3.8) is 0 Å². The standard InChI is InChI=1S/C20H20N6O/c27-19-16-10-9-14(13-18(16)24-25-19)5-4-8-17(15-6-2-1-3-7-15)23-20-21-11-12-22-26-20/h1-3,6-7,9-13,17H,4-5,8H2,(H,21,23,26)(H2,24,25,27). The summed E-state index contributed by atoms with van der Waals surface area (Å²) < 4.78 is 0. The van der Waals surface area contributed by atoms with E-state index in [2.05, 4.69) is 42.8 Å². The van der Waals surface area contributed by atoms with E-state index in [0.717, 1.165) is 24.8 Å². The minimum Gasteiger partial charge on any atom is -0.346 e. The van der Waals surface area contributed by atoms with Gasteiger partial charge in [0.25, 0.3) is 5.56 Å². The van der Waals surface area contributed by atoms with Crippen molar-refractivity contribution in [2.75, 3.05) is 5.32 Å². The molecular formula is C20H20N6O. The van der Waals surface area contributed by atoms with Gasteiger partial charge >= 0.3 is 0 Å². The Balaban J connectivity index is 1.45. The van der Waals surface area contributed by atoms with Gasteiger partial charge in [-0.25, -0.2) is 4.98 Å². The third-order valence-electron chi connectivity index (χ3n) is 4.59. The van der Waals surface area contributed by atoms with Crippen molar-refractivity contribution in [3.05, 3.63) is 82.4 Å². The third kappa shape index (κ3) is 4.03. The van der Waals surface area contributed by atoms with Crippen LogP contribution in [0, 0.1) is 0 Å². The lowest BCUT2D eigenvalue weighted by Crippen LogP contribution is -2.13. The lowest BCUT2D eigenvalue weighted by atomic mass is 9.99. The Morgan fingerprint density at radius 2 is 1.93 bits per heavy atom. The van der Waals surface area contributed by atoms with Crippen molar-refractivity contribution >= 4 is 16.9 Å². The van der Waals surface area contributed by atoms with E-state index in [9.17, 15) is 4.79 Å². The van der Waals surface area contributed by atoms with E-state index >= 15 is 0 Å². The fourth-order valence-electron chi connectivity index (χ4n) is 3.23. The summed E-state index contributed by atoms with van der Waals surface area (Å²) in [6, 6.07) is 16.3. The van der Waals surface area contributed by atoms with Gasteiger partial charge in [0.05, 0.1) is 29.3 Å². The van der Waals surface area contributed by atoms with Crippen LogP contribution in [0.1, 0.15) is 30.0 Å². The number of hydrogen-bond donors (Lipinski definition) is 3. The summed E-state index contributed by atoms with van der Waals surface area (Å²) in [7, 11) is 0. The van der Waals surface area contributed by atoms with Gasteiger partial charge in [-0.05, 0) is 42.5 Å². The number of fused-ring (bicyclic) bond motifs is 1. The minimum atomic E-state index is -0.0821. The highest BCUT2D eigenvalue weighted by atomic mass is 16.1. The number of anilines is 1. The van der Waals surface area contributed by atoms with Crippen LogP contribution in [0.4, 0.5) is 5.95 Å². The lowest BCUT2D eigenvalue weighted by molar-refractivity contribution is 0.637. The molecule has 0 spiro atoms. The summed E-state index contributed by atoms with van der Waals surface area (Å²) in [5.74, 6) is 0.526. The largest absolute Gasteiger partial charge is 0.346 e. The van der Waals surface area contributed by atoms with Crippen molar-refractivity contribution in [1.29, 1.82) is 0 Å². The zero-order valence-electron chi connectivity index (χ0n) is 14.7. The average molecular weight is 360 g/mol. The average Bonchev–Trinajstić information content (AvgIpc) is 3.09. The smallest absolute Gasteiger partial charge is 0.271 e. The number of nitrogens with one attached hydrogen (secondary N) is 3. The molecule has 0 radical (unpaired) electrons. The van der Waals surface area contributed by atoms with Crippen molar-refractivity contribution < 1.29 is 0 Å². The molecule has 2 aromatic carbocycles. The summed E-state index contributed by atoms with van der Waals surface area (Å²) in [5, 5.41) is 17.5. The topological polar surface area (TPSA) is 99.3 Å². The van der Waals surface area contributed by atoms with Crippen LogP contribution in [0.25, 0.3) is 10.9 Å². The van der Waals surface area contributed by atoms with Gasteiger partial charge < -0.3 is 5.32 Å². The predicted octanol–water partition coefficient (Wildman–Crippen LogP) is 3.22. The monoisotopic (exact) mass is 360 g/mol. The molecule has 136 valence electrons. The van der Waals surface area contributed by atoms with Gasteiger partial charge in [-0.3, -0.25) is 15.0 Å². The molecular weight excluding hydrogens is 340 g/mol. The zero-order chi connectivity index (χ0) is 18.5. The maximum Gasteiger partial charge on any atom is 0.271 e. The number of hydrogen-bond acceptors (Lipinski definition) is 5. The maximum atomic E-state index is 11.6. The van der Waals surface area contributed by atoms with E-state index < -0.39 is 0 Å². The van der Waals surface area contributed by atoms with E-state index in [0.29, 0.717) is 11.3 Å². The number of rotatable bonds is 7. The number of H-pyrrole nitrogens is 2. The molecule has 2 heterocycles. The van der Waals surface area contributed by atoms with Crippen LogP contribution in [-0.2, 0) is 6.42 Å². The summed E-state index contributed by atoms with van der Waals surface area (Å²) in [6.45, 7) is 0. The van der Waals surface area contributed by atoms with Gasteiger partial charge in [0.1, 0.15) is 0 Å². The molecule has 0 aliphatic rings. The molecule has 27 heavy (non-hydrogen) atoms. The first-order chi connectivity index (χ1) is 13.3. The molecule has 0 aliphatic heterocycles. The summed E-state index contributed by atoms with van der Waals surface area (Å²) in [4.78, 5) is 15.8. The van der Waals surface area contributed by atoms with Gasteiger partial charge in [0.15, 0.2) is 0 Å². The number of nitrogens with zero attached hydrogens (tertiary/aromatic N) is 3. The first kappa shape index (κ1) is 17.0.